The van der Waals surface area contributed by atoms with Crippen LogP contribution in [-0.2, 0) is 24.2 Å². The topological polar surface area (TPSA) is 75.0 Å². The lowest BCUT2D eigenvalue weighted by Crippen LogP contribution is -2.27. The van der Waals surface area contributed by atoms with E-state index >= 15 is 0 Å². The van der Waals surface area contributed by atoms with E-state index in [9.17, 15) is 14.7 Å². The zero-order valence-corrected chi connectivity index (χ0v) is 15.0. The van der Waals surface area contributed by atoms with Gasteiger partial charge in [0.15, 0.2) is 5.16 Å². The zero-order valence-electron chi connectivity index (χ0n) is 13.4. The van der Waals surface area contributed by atoms with Crippen molar-refractivity contribution >= 4 is 39.3 Å². The van der Waals surface area contributed by atoms with Crippen LogP contribution in [0.5, 0.6) is 0 Å². The van der Waals surface area contributed by atoms with Crippen LogP contribution in [0.2, 0.25) is 0 Å². The molecule has 3 aromatic rings. The Hall–Kier alpha value is -2.12. The first-order valence-corrected chi connectivity index (χ1v) is 9.85. The third-order valence-electron chi connectivity index (χ3n) is 4.29. The van der Waals surface area contributed by atoms with Crippen molar-refractivity contribution in [1.82, 2.24) is 9.55 Å². The second-order valence-corrected chi connectivity index (χ2v) is 8.00. The summed E-state index contributed by atoms with van der Waals surface area (Å²) < 4.78 is 1.59. The highest BCUT2D eigenvalue weighted by molar-refractivity contribution is 7.99. The lowest BCUT2D eigenvalue weighted by Gasteiger charge is -2.12. The summed E-state index contributed by atoms with van der Waals surface area (Å²) in [5, 5.41) is 12.0. The predicted molar refractivity (Wildman–Crippen MR) is 97.2 cm³/mol. The van der Waals surface area contributed by atoms with Crippen LogP contribution in [0.25, 0.3) is 10.2 Å². The van der Waals surface area contributed by atoms with Crippen LogP contribution in [0, 0.1) is 0 Å². The highest BCUT2D eigenvalue weighted by Gasteiger charge is 2.23. The van der Waals surface area contributed by atoms with E-state index in [1.165, 1.54) is 4.88 Å². The van der Waals surface area contributed by atoms with Crippen molar-refractivity contribution in [3.05, 3.63) is 56.7 Å². The Morgan fingerprint density at radius 1 is 1.28 bits per heavy atom. The molecule has 0 spiro atoms. The van der Waals surface area contributed by atoms with Crippen LogP contribution in [0.3, 0.4) is 0 Å². The van der Waals surface area contributed by atoms with Gasteiger partial charge in [0.25, 0.3) is 5.56 Å². The highest BCUT2D eigenvalue weighted by Crippen LogP contribution is 2.35. The van der Waals surface area contributed by atoms with Crippen LogP contribution in [0.1, 0.15) is 22.4 Å². The Kier molecular flexibility index (Phi) is 4.35. The van der Waals surface area contributed by atoms with E-state index in [1.807, 2.05) is 30.3 Å². The van der Waals surface area contributed by atoms with Gasteiger partial charge in [-0.1, -0.05) is 42.1 Å². The van der Waals surface area contributed by atoms with E-state index in [0.717, 1.165) is 47.0 Å². The Bertz CT molecular complexity index is 1010. The molecule has 128 valence electrons. The molecule has 0 saturated carbocycles. The number of aliphatic carboxylic acids is 1. The van der Waals surface area contributed by atoms with Gasteiger partial charge < -0.3 is 9.90 Å². The summed E-state index contributed by atoms with van der Waals surface area (Å²) in [6.45, 7) is 0.378. The van der Waals surface area contributed by atoms with Crippen molar-refractivity contribution in [1.29, 1.82) is 0 Å². The van der Waals surface area contributed by atoms with E-state index in [1.54, 1.807) is 15.9 Å². The number of carbonyl (C=O) groups excluding carboxylic acids is 1. The van der Waals surface area contributed by atoms with Crippen molar-refractivity contribution in [2.45, 2.75) is 31.0 Å². The van der Waals surface area contributed by atoms with Crippen molar-refractivity contribution in [2.24, 2.45) is 0 Å². The van der Waals surface area contributed by atoms with Gasteiger partial charge in [-0.15, -0.1) is 11.3 Å². The van der Waals surface area contributed by atoms with E-state index in [4.69, 9.17) is 0 Å². The summed E-state index contributed by atoms with van der Waals surface area (Å²) in [6, 6.07) is 9.65. The van der Waals surface area contributed by atoms with Crippen molar-refractivity contribution in [2.75, 3.05) is 5.75 Å². The second kappa shape index (κ2) is 6.65. The molecule has 1 aliphatic carbocycles. The minimum absolute atomic E-state index is 0.0749. The third-order valence-corrected chi connectivity index (χ3v) is 6.43. The molecule has 4 rings (SSSR count). The number of hydrogen-bond acceptors (Lipinski definition) is 6. The summed E-state index contributed by atoms with van der Waals surface area (Å²) in [5.41, 5.74) is 2.04. The number of carboxylic acid groups (broad SMARTS) is 1. The number of nitrogens with zero attached hydrogens (tertiary/aromatic N) is 2. The summed E-state index contributed by atoms with van der Waals surface area (Å²) in [6.07, 6.45) is 3.00. The predicted octanol–water partition coefficient (Wildman–Crippen LogP) is 1.84. The van der Waals surface area contributed by atoms with Crippen LogP contribution >= 0.6 is 23.1 Å². The van der Waals surface area contributed by atoms with Crippen molar-refractivity contribution in [3.63, 3.8) is 0 Å². The Morgan fingerprint density at radius 2 is 2.08 bits per heavy atom. The molecule has 0 saturated heterocycles. The summed E-state index contributed by atoms with van der Waals surface area (Å²) in [7, 11) is 0. The molecule has 2 aromatic heterocycles. The number of carboxylic acids is 1. The normalized spacial score (nSPS) is 13.3. The number of benzene rings is 1. The van der Waals surface area contributed by atoms with Crippen LogP contribution < -0.4 is 10.7 Å². The molecule has 0 amide bonds. The minimum Gasteiger partial charge on any atom is -0.549 e. The molecule has 0 N–H and O–H groups in total. The number of aryl methyl sites for hydroxylation is 2. The van der Waals surface area contributed by atoms with Crippen molar-refractivity contribution < 1.29 is 9.90 Å². The monoisotopic (exact) mass is 371 g/mol. The van der Waals surface area contributed by atoms with Crippen LogP contribution in [0.15, 0.2) is 40.3 Å². The summed E-state index contributed by atoms with van der Waals surface area (Å²) in [5.74, 6) is -1.39. The average Bonchev–Trinajstić information content (AvgIpc) is 3.17. The van der Waals surface area contributed by atoms with Crippen LogP contribution in [0.4, 0.5) is 0 Å². The number of rotatable bonds is 5. The molecule has 0 aliphatic heterocycles. The molecule has 0 fully saturated rings. The Balaban J connectivity index is 1.86. The first-order valence-electron chi connectivity index (χ1n) is 8.05. The second-order valence-electron chi connectivity index (χ2n) is 5.97. The fraction of sp³-hybridized carbons (Fsp3) is 0.278. The lowest BCUT2D eigenvalue weighted by molar-refractivity contribution is -0.301. The van der Waals surface area contributed by atoms with Gasteiger partial charge in [0.1, 0.15) is 4.83 Å². The number of aromatic nitrogens is 2. The Morgan fingerprint density at radius 3 is 2.84 bits per heavy atom. The maximum Gasteiger partial charge on any atom is 0.263 e. The molecule has 0 unspecified atom stereocenters. The molecule has 1 aliphatic rings. The van der Waals surface area contributed by atoms with Gasteiger partial charge in [0, 0.05) is 10.6 Å². The fourth-order valence-electron chi connectivity index (χ4n) is 3.20. The molecule has 0 atom stereocenters. The van der Waals surface area contributed by atoms with Gasteiger partial charge >= 0.3 is 0 Å². The molecular weight excluding hydrogens is 356 g/mol. The van der Waals surface area contributed by atoms with Gasteiger partial charge in [-0.2, -0.15) is 0 Å². The SMILES string of the molecule is O=C([O-])CSc1nc2sc3c(c2c(=O)n1Cc1ccccc1)CCC3. The highest BCUT2D eigenvalue weighted by atomic mass is 32.2. The molecule has 0 bridgehead atoms. The van der Waals surface area contributed by atoms with Gasteiger partial charge in [-0.3, -0.25) is 9.36 Å². The average molecular weight is 371 g/mol. The molecule has 5 nitrogen and oxygen atoms in total. The van der Waals surface area contributed by atoms with E-state index < -0.39 is 5.97 Å². The first kappa shape index (κ1) is 16.4. The van der Waals surface area contributed by atoms with Gasteiger partial charge in [-0.25, -0.2) is 4.98 Å². The van der Waals surface area contributed by atoms with Gasteiger partial charge in [0.05, 0.1) is 17.9 Å². The van der Waals surface area contributed by atoms with Gasteiger partial charge in [0.2, 0.25) is 0 Å². The third kappa shape index (κ3) is 3.09. The standard InChI is InChI=1S/C18H16N2O3S2/c21-14(22)10-24-18-19-16-15(12-7-4-8-13(12)25-16)17(23)20(18)9-11-5-2-1-3-6-11/h1-3,5-6H,4,7-10H2,(H,21,22)/p-1. The summed E-state index contributed by atoms with van der Waals surface area (Å²) in [4.78, 5) is 30.6. The first-order chi connectivity index (χ1) is 12.1. The van der Waals surface area contributed by atoms with Gasteiger partial charge in [-0.05, 0) is 30.4 Å². The molecule has 0 radical (unpaired) electrons. The van der Waals surface area contributed by atoms with Crippen molar-refractivity contribution in [3.8, 4) is 0 Å². The largest absolute Gasteiger partial charge is 0.549 e. The molecular formula is C18H15N2O3S2-. The smallest absolute Gasteiger partial charge is 0.263 e. The molecule has 2 heterocycles. The lowest BCUT2D eigenvalue weighted by atomic mass is 10.2. The molecule has 25 heavy (non-hydrogen) atoms. The number of carbonyl (C=O) groups is 1. The van der Waals surface area contributed by atoms with E-state index in [2.05, 4.69) is 4.98 Å². The minimum atomic E-state index is -1.17. The summed E-state index contributed by atoms with van der Waals surface area (Å²) >= 11 is 2.60. The van der Waals surface area contributed by atoms with Crippen LogP contribution in [-0.4, -0.2) is 21.3 Å². The number of thioether (sulfide) groups is 1. The number of thiophene rings is 1. The zero-order chi connectivity index (χ0) is 17.4. The molecule has 7 heteroatoms. The quantitative estimate of drug-likeness (QED) is 0.505. The molecule has 1 aromatic carbocycles. The van der Waals surface area contributed by atoms with E-state index in [0.29, 0.717) is 17.1 Å². The number of hydrogen-bond donors (Lipinski definition) is 0. The fourth-order valence-corrected chi connectivity index (χ4v) is 5.21. The maximum atomic E-state index is 13.2. The Labute approximate surface area is 152 Å². The van der Waals surface area contributed by atoms with E-state index in [-0.39, 0.29) is 11.3 Å². The number of fused-ring (bicyclic) bond motifs is 3. The maximum absolute atomic E-state index is 13.2.